The molecule has 0 spiro atoms. The molecule has 0 amide bonds. The normalized spacial score (nSPS) is 10.8. The summed E-state index contributed by atoms with van der Waals surface area (Å²) in [5, 5.41) is 1.10. The summed E-state index contributed by atoms with van der Waals surface area (Å²) in [7, 11) is 0. The first kappa shape index (κ1) is 9.41. The van der Waals surface area contributed by atoms with E-state index in [2.05, 4.69) is 19.1 Å². The number of hydrogen-bond donors (Lipinski definition) is 0. The largest absolute Gasteiger partial charge is 0.294 e. The third-order valence-electron chi connectivity index (χ3n) is 2.37. The molecule has 1 heterocycles. The smallest absolute Gasteiger partial charge is 0.161 e. The second-order valence-electron chi connectivity index (χ2n) is 3.59. The minimum absolute atomic E-state index is 0.164. The summed E-state index contributed by atoms with van der Waals surface area (Å²) < 4.78 is 1.22. The van der Waals surface area contributed by atoms with Crippen molar-refractivity contribution < 1.29 is 4.79 Å². The summed E-state index contributed by atoms with van der Waals surface area (Å²) >= 11 is 1.70. The van der Waals surface area contributed by atoms with E-state index in [1.807, 2.05) is 13.0 Å². The van der Waals surface area contributed by atoms with E-state index in [-0.39, 0.29) is 5.78 Å². The van der Waals surface area contributed by atoms with Crippen LogP contribution in [-0.4, -0.2) is 5.78 Å². The highest BCUT2D eigenvalue weighted by molar-refractivity contribution is 7.19. The molecule has 2 heteroatoms. The molecule has 2 rings (SSSR count). The highest BCUT2D eigenvalue weighted by atomic mass is 32.1. The van der Waals surface area contributed by atoms with E-state index in [1.54, 1.807) is 18.3 Å². The van der Waals surface area contributed by atoms with Crippen molar-refractivity contribution in [2.45, 2.75) is 20.8 Å². The number of ketones is 1. The molecule has 2 aromatic rings. The zero-order chi connectivity index (χ0) is 10.3. The van der Waals surface area contributed by atoms with E-state index < -0.39 is 0 Å². The Bertz CT molecular complexity index is 508. The summed E-state index contributed by atoms with van der Waals surface area (Å²) in [6.45, 7) is 5.72. The van der Waals surface area contributed by atoms with Gasteiger partial charge in [0.1, 0.15) is 0 Å². The summed E-state index contributed by atoms with van der Waals surface area (Å²) in [5.74, 6) is 0.164. The van der Waals surface area contributed by atoms with Crippen LogP contribution < -0.4 is 0 Å². The van der Waals surface area contributed by atoms with Crippen LogP contribution >= 0.6 is 11.3 Å². The van der Waals surface area contributed by atoms with Gasteiger partial charge in [0, 0.05) is 20.5 Å². The summed E-state index contributed by atoms with van der Waals surface area (Å²) in [6, 6.07) is 6.24. The molecule has 0 aliphatic carbocycles. The van der Waals surface area contributed by atoms with Crippen molar-refractivity contribution in [2.24, 2.45) is 0 Å². The van der Waals surface area contributed by atoms with E-state index in [0.29, 0.717) is 0 Å². The molecule has 0 aliphatic rings. The fourth-order valence-corrected chi connectivity index (χ4v) is 2.97. The maximum absolute atomic E-state index is 11.4. The molecular formula is C12H12OS. The maximum atomic E-state index is 11.4. The number of Topliss-reactive ketones (excluding diaryl/α,β-unsaturated/α-hetero) is 1. The van der Waals surface area contributed by atoms with Crippen molar-refractivity contribution in [3.8, 4) is 0 Å². The Morgan fingerprint density at radius 2 is 2.00 bits per heavy atom. The number of fused-ring (bicyclic) bond motifs is 1. The molecule has 0 radical (unpaired) electrons. The summed E-state index contributed by atoms with van der Waals surface area (Å²) in [5.41, 5.74) is 2.14. The second kappa shape index (κ2) is 3.21. The molecule has 0 fully saturated rings. The second-order valence-corrected chi connectivity index (χ2v) is 4.85. The van der Waals surface area contributed by atoms with E-state index in [4.69, 9.17) is 0 Å². The monoisotopic (exact) mass is 204 g/mol. The molecule has 0 bridgehead atoms. The Hall–Kier alpha value is -1.15. The Kier molecular flexibility index (Phi) is 2.16. The number of hydrogen-bond acceptors (Lipinski definition) is 2. The SMILES string of the molecule is CC(=O)c1c(C)sc2cc(C)ccc12. The zero-order valence-corrected chi connectivity index (χ0v) is 9.37. The van der Waals surface area contributed by atoms with Gasteiger partial charge in [-0.25, -0.2) is 0 Å². The Morgan fingerprint density at radius 1 is 1.29 bits per heavy atom. The van der Waals surface area contributed by atoms with Gasteiger partial charge in [0.2, 0.25) is 0 Å². The van der Waals surface area contributed by atoms with Gasteiger partial charge < -0.3 is 0 Å². The average molecular weight is 204 g/mol. The lowest BCUT2D eigenvalue weighted by Crippen LogP contribution is -1.91. The van der Waals surface area contributed by atoms with Gasteiger partial charge in [-0.15, -0.1) is 11.3 Å². The van der Waals surface area contributed by atoms with Crippen molar-refractivity contribution in [3.63, 3.8) is 0 Å². The molecule has 0 saturated heterocycles. The molecule has 72 valence electrons. The van der Waals surface area contributed by atoms with Crippen LogP contribution in [0.2, 0.25) is 0 Å². The predicted molar refractivity (Wildman–Crippen MR) is 61.3 cm³/mol. The minimum Gasteiger partial charge on any atom is -0.294 e. The highest BCUT2D eigenvalue weighted by Gasteiger charge is 2.12. The fraction of sp³-hybridized carbons (Fsp3) is 0.250. The lowest BCUT2D eigenvalue weighted by molar-refractivity contribution is 0.101. The quantitative estimate of drug-likeness (QED) is 0.647. The van der Waals surface area contributed by atoms with Crippen LogP contribution in [0.5, 0.6) is 0 Å². The van der Waals surface area contributed by atoms with Gasteiger partial charge in [-0.2, -0.15) is 0 Å². The van der Waals surface area contributed by atoms with Crippen molar-refractivity contribution in [1.29, 1.82) is 0 Å². The van der Waals surface area contributed by atoms with Gasteiger partial charge in [-0.1, -0.05) is 12.1 Å². The van der Waals surface area contributed by atoms with Gasteiger partial charge >= 0.3 is 0 Å². The molecular weight excluding hydrogens is 192 g/mol. The van der Waals surface area contributed by atoms with Crippen LogP contribution in [-0.2, 0) is 0 Å². The first-order valence-electron chi connectivity index (χ1n) is 4.60. The minimum atomic E-state index is 0.164. The summed E-state index contributed by atoms with van der Waals surface area (Å²) in [4.78, 5) is 12.6. The molecule has 1 aromatic heterocycles. The molecule has 0 N–H and O–H groups in total. The number of benzene rings is 1. The van der Waals surface area contributed by atoms with E-state index >= 15 is 0 Å². The van der Waals surface area contributed by atoms with E-state index in [1.165, 1.54) is 10.3 Å². The van der Waals surface area contributed by atoms with Crippen molar-refractivity contribution >= 4 is 27.2 Å². The third-order valence-corrected chi connectivity index (χ3v) is 3.44. The number of aryl methyl sites for hydroxylation is 2. The van der Waals surface area contributed by atoms with Crippen molar-refractivity contribution in [3.05, 3.63) is 34.2 Å². The lowest BCUT2D eigenvalue weighted by atomic mass is 10.1. The zero-order valence-electron chi connectivity index (χ0n) is 8.55. The molecule has 0 saturated carbocycles. The molecule has 0 aliphatic heterocycles. The van der Waals surface area contributed by atoms with Crippen LogP contribution in [0.4, 0.5) is 0 Å². The van der Waals surface area contributed by atoms with Crippen LogP contribution in [0, 0.1) is 13.8 Å². The Labute approximate surface area is 87.4 Å². The Balaban J connectivity index is 2.84. The van der Waals surface area contributed by atoms with E-state index in [0.717, 1.165) is 15.8 Å². The van der Waals surface area contributed by atoms with Crippen LogP contribution in [0.25, 0.3) is 10.1 Å². The van der Waals surface area contributed by atoms with Gasteiger partial charge in [0.25, 0.3) is 0 Å². The first-order chi connectivity index (χ1) is 6.59. The fourth-order valence-electron chi connectivity index (χ4n) is 1.76. The topological polar surface area (TPSA) is 17.1 Å². The molecule has 14 heavy (non-hydrogen) atoms. The summed E-state index contributed by atoms with van der Waals surface area (Å²) in [6.07, 6.45) is 0. The van der Waals surface area contributed by atoms with E-state index in [9.17, 15) is 4.79 Å². The average Bonchev–Trinajstić information content (AvgIpc) is 2.39. The predicted octanol–water partition coefficient (Wildman–Crippen LogP) is 3.72. The van der Waals surface area contributed by atoms with Gasteiger partial charge in [-0.05, 0) is 32.4 Å². The maximum Gasteiger partial charge on any atom is 0.161 e. The third kappa shape index (κ3) is 1.36. The first-order valence-corrected chi connectivity index (χ1v) is 5.42. The van der Waals surface area contributed by atoms with Crippen molar-refractivity contribution in [2.75, 3.05) is 0 Å². The number of thiophene rings is 1. The molecule has 1 aromatic carbocycles. The standard InChI is InChI=1S/C12H12OS/c1-7-4-5-10-11(6-7)14-9(3)12(10)8(2)13/h4-6H,1-3H3. The van der Waals surface area contributed by atoms with Crippen molar-refractivity contribution in [1.82, 2.24) is 0 Å². The number of carbonyl (C=O) groups excluding carboxylic acids is 1. The highest BCUT2D eigenvalue weighted by Crippen LogP contribution is 2.31. The van der Waals surface area contributed by atoms with Gasteiger partial charge in [0.15, 0.2) is 5.78 Å². The van der Waals surface area contributed by atoms with Crippen LogP contribution in [0.3, 0.4) is 0 Å². The van der Waals surface area contributed by atoms with Crippen LogP contribution in [0.1, 0.15) is 27.7 Å². The molecule has 0 unspecified atom stereocenters. The van der Waals surface area contributed by atoms with Gasteiger partial charge in [-0.3, -0.25) is 4.79 Å². The molecule has 0 atom stereocenters. The van der Waals surface area contributed by atoms with Crippen LogP contribution in [0.15, 0.2) is 18.2 Å². The number of carbonyl (C=O) groups is 1. The Morgan fingerprint density at radius 3 is 2.64 bits per heavy atom. The van der Waals surface area contributed by atoms with Gasteiger partial charge in [0.05, 0.1) is 0 Å². The number of rotatable bonds is 1. The molecule has 1 nitrogen and oxygen atoms in total. The lowest BCUT2D eigenvalue weighted by Gasteiger charge is -1.95.